The number of aryl methyl sites for hydroxylation is 2. The maximum atomic E-state index is 12.0. The molecule has 0 spiro atoms. The molecular formula is C16H20O3. The molecule has 0 bridgehead atoms. The molecule has 1 saturated carbocycles. The van der Waals surface area contributed by atoms with Crippen molar-refractivity contribution in [3.05, 3.63) is 29.3 Å². The van der Waals surface area contributed by atoms with E-state index in [-0.39, 0.29) is 11.9 Å². The maximum Gasteiger partial charge on any atom is 0.314 e. The Kier molecular flexibility index (Phi) is 3.56. The van der Waals surface area contributed by atoms with Gasteiger partial charge in [0.15, 0.2) is 0 Å². The smallest absolute Gasteiger partial charge is 0.314 e. The molecular weight excluding hydrogens is 240 g/mol. The van der Waals surface area contributed by atoms with E-state index in [1.54, 1.807) is 0 Å². The summed E-state index contributed by atoms with van der Waals surface area (Å²) in [5, 5.41) is 0. The van der Waals surface area contributed by atoms with Crippen LogP contribution in [0.4, 0.5) is 0 Å². The summed E-state index contributed by atoms with van der Waals surface area (Å²) in [4.78, 5) is 12.0. The summed E-state index contributed by atoms with van der Waals surface area (Å²) in [5.41, 5.74) is 2.74. The van der Waals surface area contributed by atoms with Crippen molar-refractivity contribution in [2.45, 2.75) is 32.6 Å². The molecule has 0 N–H and O–H groups in total. The van der Waals surface area contributed by atoms with Crippen molar-refractivity contribution in [3.8, 4) is 5.75 Å². The van der Waals surface area contributed by atoms with Crippen LogP contribution in [0.25, 0.3) is 0 Å². The lowest BCUT2D eigenvalue weighted by molar-refractivity contribution is -0.136. The molecule has 102 valence electrons. The summed E-state index contributed by atoms with van der Waals surface area (Å²) in [7, 11) is 0. The molecule has 19 heavy (non-hydrogen) atoms. The third-order valence-electron chi connectivity index (χ3n) is 4.05. The summed E-state index contributed by atoms with van der Waals surface area (Å²) in [6.45, 7) is 3.36. The lowest BCUT2D eigenvalue weighted by Gasteiger charge is -2.06. The second-order valence-corrected chi connectivity index (χ2v) is 5.47. The predicted octanol–water partition coefficient (Wildman–Crippen LogP) is 2.75. The van der Waals surface area contributed by atoms with E-state index in [0.717, 1.165) is 19.3 Å². The molecule has 1 fully saturated rings. The van der Waals surface area contributed by atoms with Crippen LogP contribution in [0.1, 0.15) is 30.9 Å². The first kappa shape index (κ1) is 12.7. The normalized spacial score (nSPS) is 24.1. The van der Waals surface area contributed by atoms with Crippen molar-refractivity contribution in [3.63, 3.8) is 0 Å². The Morgan fingerprint density at radius 3 is 3.00 bits per heavy atom. The fourth-order valence-corrected chi connectivity index (χ4v) is 2.79. The minimum atomic E-state index is -0.0948. The minimum Gasteiger partial charge on any atom is -0.426 e. The Bertz CT molecular complexity index is 481. The van der Waals surface area contributed by atoms with Crippen LogP contribution in [0, 0.1) is 11.8 Å². The van der Waals surface area contributed by atoms with Crippen molar-refractivity contribution >= 4 is 5.97 Å². The highest BCUT2D eigenvalue weighted by molar-refractivity contribution is 5.78. The fourth-order valence-electron chi connectivity index (χ4n) is 2.79. The highest BCUT2D eigenvalue weighted by Crippen LogP contribution is 2.40. The summed E-state index contributed by atoms with van der Waals surface area (Å²) in [6, 6.07) is 6.04. The van der Waals surface area contributed by atoms with Gasteiger partial charge in [0.1, 0.15) is 5.75 Å². The molecule has 2 aliphatic rings. The highest BCUT2D eigenvalue weighted by atomic mass is 16.5. The first-order valence-electron chi connectivity index (χ1n) is 7.19. The molecule has 2 aliphatic carbocycles. The van der Waals surface area contributed by atoms with Crippen molar-refractivity contribution in [2.75, 3.05) is 13.2 Å². The SMILES string of the molecule is CCOC[C@@H]1C[C@H]1C(=O)Oc1ccc2c(c1)CCC2. The number of fused-ring (bicyclic) bond motifs is 1. The molecule has 0 unspecified atom stereocenters. The highest BCUT2D eigenvalue weighted by Gasteiger charge is 2.44. The van der Waals surface area contributed by atoms with E-state index < -0.39 is 0 Å². The zero-order valence-corrected chi connectivity index (χ0v) is 11.4. The van der Waals surface area contributed by atoms with Crippen molar-refractivity contribution in [1.29, 1.82) is 0 Å². The average molecular weight is 260 g/mol. The third-order valence-corrected chi connectivity index (χ3v) is 4.05. The van der Waals surface area contributed by atoms with Crippen LogP contribution < -0.4 is 4.74 Å². The lowest BCUT2D eigenvalue weighted by atomic mass is 10.1. The van der Waals surface area contributed by atoms with Gasteiger partial charge in [0.25, 0.3) is 0 Å². The zero-order chi connectivity index (χ0) is 13.2. The van der Waals surface area contributed by atoms with Crippen LogP contribution in [-0.2, 0) is 22.4 Å². The van der Waals surface area contributed by atoms with E-state index in [2.05, 4.69) is 6.07 Å². The van der Waals surface area contributed by atoms with E-state index in [4.69, 9.17) is 9.47 Å². The molecule has 2 atom stereocenters. The van der Waals surface area contributed by atoms with Gasteiger partial charge < -0.3 is 9.47 Å². The van der Waals surface area contributed by atoms with Crippen LogP contribution in [0.15, 0.2) is 18.2 Å². The number of rotatable bonds is 5. The van der Waals surface area contributed by atoms with Gasteiger partial charge in [0.05, 0.1) is 12.5 Å². The van der Waals surface area contributed by atoms with Gasteiger partial charge >= 0.3 is 5.97 Å². The third kappa shape index (κ3) is 2.81. The summed E-state index contributed by atoms with van der Waals surface area (Å²) < 4.78 is 10.8. The van der Waals surface area contributed by atoms with Crippen molar-refractivity contribution in [2.24, 2.45) is 11.8 Å². The second-order valence-electron chi connectivity index (χ2n) is 5.47. The maximum absolute atomic E-state index is 12.0. The molecule has 1 aromatic carbocycles. The van der Waals surface area contributed by atoms with Gasteiger partial charge in [0.2, 0.25) is 0 Å². The van der Waals surface area contributed by atoms with Gasteiger partial charge in [-0.25, -0.2) is 0 Å². The fraction of sp³-hybridized carbons (Fsp3) is 0.562. The Balaban J connectivity index is 1.56. The van der Waals surface area contributed by atoms with Crippen LogP contribution in [-0.4, -0.2) is 19.2 Å². The summed E-state index contributed by atoms with van der Waals surface area (Å²) in [6.07, 6.45) is 4.38. The van der Waals surface area contributed by atoms with Gasteiger partial charge in [-0.15, -0.1) is 0 Å². The first-order valence-corrected chi connectivity index (χ1v) is 7.19. The van der Waals surface area contributed by atoms with Gasteiger partial charge in [-0.05, 0) is 61.8 Å². The van der Waals surface area contributed by atoms with Gasteiger partial charge in [0, 0.05) is 6.61 Å². The zero-order valence-electron chi connectivity index (χ0n) is 11.4. The quantitative estimate of drug-likeness (QED) is 0.603. The Hall–Kier alpha value is -1.35. The predicted molar refractivity (Wildman–Crippen MR) is 72.2 cm³/mol. The van der Waals surface area contributed by atoms with E-state index in [0.29, 0.717) is 24.9 Å². The van der Waals surface area contributed by atoms with E-state index in [1.807, 2.05) is 19.1 Å². The summed E-state index contributed by atoms with van der Waals surface area (Å²) >= 11 is 0. The first-order chi connectivity index (χ1) is 9.28. The van der Waals surface area contributed by atoms with E-state index >= 15 is 0 Å². The number of carbonyl (C=O) groups is 1. The van der Waals surface area contributed by atoms with Gasteiger partial charge in [-0.2, -0.15) is 0 Å². The molecule has 0 aromatic heterocycles. The largest absolute Gasteiger partial charge is 0.426 e. The number of benzene rings is 1. The standard InChI is InChI=1S/C16H20O3/c1-2-18-10-13-9-15(13)16(17)19-14-7-6-11-4-3-5-12(11)8-14/h6-8,13,15H,2-5,9-10H2,1H3/t13-,15+/m0/s1. The van der Waals surface area contributed by atoms with Crippen molar-refractivity contribution < 1.29 is 14.3 Å². The van der Waals surface area contributed by atoms with Crippen molar-refractivity contribution in [1.82, 2.24) is 0 Å². The molecule has 0 amide bonds. The molecule has 0 radical (unpaired) electrons. The second kappa shape index (κ2) is 5.33. The van der Waals surface area contributed by atoms with Crippen LogP contribution >= 0.6 is 0 Å². The van der Waals surface area contributed by atoms with E-state index in [1.165, 1.54) is 17.5 Å². The topological polar surface area (TPSA) is 35.5 Å². The number of hydrogen-bond acceptors (Lipinski definition) is 3. The molecule has 3 heteroatoms. The lowest BCUT2D eigenvalue weighted by Crippen LogP contribution is -2.13. The van der Waals surface area contributed by atoms with Gasteiger partial charge in [-0.1, -0.05) is 6.07 Å². The Morgan fingerprint density at radius 2 is 2.16 bits per heavy atom. The molecule has 3 rings (SSSR count). The molecule has 0 saturated heterocycles. The monoisotopic (exact) mass is 260 g/mol. The van der Waals surface area contributed by atoms with Crippen LogP contribution in [0.3, 0.4) is 0 Å². The average Bonchev–Trinajstić information content (AvgIpc) is 3.05. The molecule has 0 aliphatic heterocycles. The minimum absolute atomic E-state index is 0.0415. The van der Waals surface area contributed by atoms with Gasteiger partial charge in [-0.3, -0.25) is 4.79 Å². The Morgan fingerprint density at radius 1 is 1.32 bits per heavy atom. The van der Waals surface area contributed by atoms with Crippen LogP contribution in [0.2, 0.25) is 0 Å². The number of carbonyl (C=O) groups excluding carboxylic acids is 1. The Labute approximate surface area is 113 Å². The molecule has 0 heterocycles. The number of ether oxygens (including phenoxy) is 2. The number of hydrogen-bond donors (Lipinski definition) is 0. The number of esters is 1. The summed E-state index contributed by atoms with van der Waals surface area (Å²) in [5.74, 6) is 1.01. The molecule has 1 aromatic rings. The van der Waals surface area contributed by atoms with Crippen LogP contribution in [0.5, 0.6) is 5.75 Å². The van der Waals surface area contributed by atoms with E-state index in [9.17, 15) is 4.79 Å². The molecule has 3 nitrogen and oxygen atoms in total.